The number of nitrogens with one attached hydrogen (secondary N) is 1. The highest BCUT2D eigenvalue weighted by molar-refractivity contribution is 5.77. The molecule has 1 fully saturated rings. The highest BCUT2D eigenvalue weighted by atomic mass is 16.3. The van der Waals surface area contributed by atoms with Gasteiger partial charge in [0.25, 0.3) is 0 Å². The van der Waals surface area contributed by atoms with E-state index in [2.05, 4.69) is 36.5 Å². The summed E-state index contributed by atoms with van der Waals surface area (Å²) in [6.07, 6.45) is 7.99. The summed E-state index contributed by atoms with van der Waals surface area (Å²) in [6.45, 7) is 3.28. The lowest BCUT2D eigenvalue weighted by molar-refractivity contribution is 0.350. The van der Waals surface area contributed by atoms with E-state index in [1.165, 1.54) is 43.9 Å². The van der Waals surface area contributed by atoms with Gasteiger partial charge in [0.15, 0.2) is 0 Å². The van der Waals surface area contributed by atoms with Gasteiger partial charge in [0.05, 0.1) is 6.04 Å². The maximum Gasteiger partial charge on any atom is 0.134 e. The summed E-state index contributed by atoms with van der Waals surface area (Å²) in [7, 11) is 0. The zero-order valence-electron chi connectivity index (χ0n) is 12.4. The molecule has 1 aliphatic carbocycles. The molecule has 1 aromatic carbocycles. The molecule has 0 aliphatic heterocycles. The Kier molecular flexibility index (Phi) is 4.41. The van der Waals surface area contributed by atoms with Crippen LogP contribution in [0.4, 0.5) is 0 Å². The predicted octanol–water partition coefficient (Wildman–Crippen LogP) is 5.05. The molecule has 2 nitrogen and oxygen atoms in total. The van der Waals surface area contributed by atoms with Crippen molar-refractivity contribution in [3.8, 4) is 0 Å². The predicted molar refractivity (Wildman–Crippen MR) is 83.8 cm³/mol. The minimum Gasteiger partial charge on any atom is -0.459 e. The normalized spacial score (nSPS) is 17.9. The van der Waals surface area contributed by atoms with Gasteiger partial charge in [-0.25, -0.2) is 0 Å². The van der Waals surface area contributed by atoms with Gasteiger partial charge in [-0.1, -0.05) is 50.8 Å². The van der Waals surface area contributed by atoms with Gasteiger partial charge < -0.3 is 9.73 Å². The van der Waals surface area contributed by atoms with Crippen LogP contribution in [0.3, 0.4) is 0 Å². The number of fused-ring (bicyclic) bond motifs is 1. The summed E-state index contributed by atoms with van der Waals surface area (Å²) in [6, 6.07) is 10.9. The summed E-state index contributed by atoms with van der Waals surface area (Å²) in [5.41, 5.74) is 1.01. The zero-order valence-corrected chi connectivity index (χ0v) is 12.4. The Labute approximate surface area is 121 Å². The Morgan fingerprint density at radius 2 is 2.05 bits per heavy atom. The number of hydrogen-bond donors (Lipinski definition) is 1. The quantitative estimate of drug-likeness (QED) is 0.795. The lowest BCUT2D eigenvalue weighted by atomic mass is 9.96. The van der Waals surface area contributed by atoms with E-state index in [0.29, 0.717) is 6.04 Å². The SMILES string of the molecule is CCCNC(CC1CCCC1)c1cc2ccccc2o1. The van der Waals surface area contributed by atoms with Crippen molar-refractivity contribution in [2.24, 2.45) is 5.92 Å². The van der Waals surface area contributed by atoms with Crippen LogP contribution in [0.25, 0.3) is 11.0 Å². The standard InChI is InChI=1S/C18H25NO/c1-2-11-19-16(12-14-7-3-4-8-14)18-13-15-9-5-6-10-17(15)20-18/h5-6,9-10,13-14,16,19H,2-4,7-8,11-12H2,1H3. The van der Waals surface area contributed by atoms with Crippen LogP contribution in [-0.2, 0) is 0 Å². The van der Waals surface area contributed by atoms with Crippen LogP contribution >= 0.6 is 0 Å². The molecule has 20 heavy (non-hydrogen) atoms. The molecule has 1 aromatic heterocycles. The van der Waals surface area contributed by atoms with Crippen LogP contribution < -0.4 is 5.32 Å². The maximum absolute atomic E-state index is 6.08. The van der Waals surface area contributed by atoms with Crippen molar-refractivity contribution in [1.82, 2.24) is 5.32 Å². The monoisotopic (exact) mass is 271 g/mol. The lowest BCUT2D eigenvalue weighted by Gasteiger charge is -2.19. The Morgan fingerprint density at radius 3 is 2.80 bits per heavy atom. The van der Waals surface area contributed by atoms with Crippen LogP contribution in [-0.4, -0.2) is 6.54 Å². The van der Waals surface area contributed by atoms with E-state index in [1.54, 1.807) is 0 Å². The van der Waals surface area contributed by atoms with Gasteiger partial charge in [-0.3, -0.25) is 0 Å². The van der Waals surface area contributed by atoms with Crippen molar-refractivity contribution in [3.05, 3.63) is 36.1 Å². The van der Waals surface area contributed by atoms with Crippen molar-refractivity contribution < 1.29 is 4.42 Å². The molecule has 1 atom stereocenters. The minimum absolute atomic E-state index is 0.380. The highest BCUT2D eigenvalue weighted by Crippen LogP contribution is 2.34. The van der Waals surface area contributed by atoms with Crippen molar-refractivity contribution in [3.63, 3.8) is 0 Å². The van der Waals surface area contributed by atoms with Gasteiger partial charge in [-0.2, -0.15) is 0 Å². The van der Waals surface area contributed by atoms with Gasteiger partial charge in [0.1, 0.15) is 11.3 Å². The van der Waals surface area contributed by atoms with Crippen molar-refractivity contribution in [1.29, 1.82) is 0 Å². The largest absolute Gasteiger partial charge is 0.459 e. The molecular formula is C18H25NO. The molecule has 108 valence electrons. The van der Waals surface area contributed by atoms with E-state index in [4.69, 9.17) is 4.42 Å². The first kappa shape index (κ1) is 13.7. The van der Waals surface area contributed by atoms with E-state index in [-0.39, 0.29) is 0 Å². The summed E-state index contributed by atoms with van der Waals surface area (Å²) in [5, 5.41) is 4.90. The number of benzene rings is 1. The van der Waals surface area contributed by atoms with E-state index in [1.807, 2.05) is 6.07 Å². The molecule has 2 aromatic rings. The minimum atomic E-state index is 0.380. The smallest absolute Gasteiger partial charge is 0.134 e. The topological polar surface area (TPSA) is 25.2 Å². The van der Waals surface area contributed by atoms with Gasteiger partial charge in [0, 0.05) is 5.39 Å². The van der Waals surface area contributed by atoms with Gasteiger partial charge >= 0.3 is 0 Å². The lowest BCUT2D eigenvalue weighted by Crippen LogP contribution is -2.23. The molecule has 1 heterocycles. The highest BCUT2D eigenvalue weighted by Gasteiger charge is 2.23. The summed E-state index contributed by atoms with van der Waals surface area (Å²) >= 11 is 0. The molecule has 0 saturated heterocycles. The molecule has 0 spiro atoms. The van der Waals surface area contributed by atoms with E-state index in [0.717, 1.165) is 23.8 Å². The molecule has 0 bridgehead atoms. The fourth-order valence-electron chi connectivity index (χ4n) is 3.37. The Hall–Kier alpha value is -1.28. The van der Waals surface area contributed by atoms with Crippen LogP contribution in [0.15, 0.2) is 34.7 Å². The van der Waals surface area contributed by atoms with Crippen molar-refractivity contribution in [2.75, 3.05) is 6.54 Å². The first-order chi connectivity index (χ1) is 9.86. The third-order valence-electron chi connectivity index (χ3n) is 4.47. The molecule has 1 aliphatic rings. The van der Waals surface area contributed by atoms with E-state index < -0.39 is 0 Å². The Morgan fingerprint density at radius 1 is 1.25 bits per heavy atom. The van der Waals surface area contributed by atoms with Crippen molar-refractivity contribution in [2.45, 2.75) is 51.5 Å². The number of furan rings is 1. The third kappa shape index (κ3) is 3.06. The number of para-hydroxylation sites is 1. The van der Waals surface area contributed by atoms with Gasteiger partial charge in [-0.15, -0.1) is 0 Å². The number of hydrogen-bond acceptors (Lipinski definition) is 2. The molecular weight excluding hydrogens is 246 g/mol. The average molecular weight is 271 g/mol. The third-order valence-corrected chi connectivity index (χ3v) is 4.47. The summed E-state index contributed by atoms with van der Waals surface area (Å²) < 4.78 is 6.08. The molecule has 1 N–H and O–H groups in total. The molecule has 0 amide bonds. The molecule has 1 saturated carbocycles. The van der Waals surface area contributed by atoms with E-state index >= 15 is 0 Å². The fourth-order valence-corrected chi connectivity index (χ4v) is 3.37. The number of rotatable bonds is 6. The van der Waals surface area contributed by atoms with E-state index in [9.17, 15) is 0 Å². The maximum atomic E-state index is 6.08. The van der Waals surface area contributed by atoms with Crippen LogP contribution in [0.1, 0.15) is 57.3 Å². The second-order valence-corrected chi connectivity index (χ2v) is 6.08. The van der Waals surface area contributed by atoms with Gasteiger partial charge in [0.2, 0.25) is 0 Å². The molecule has 1 unspecified atom stereocenters. The second kappa shape index (κ2) is 6.45. The van der Waals surface area contributed by atoms with Crippen LogP contribution in [0, 0.1) is 5.92 Å². The summed E-state index contributed by atoms with van der Waals surface area (Å²) in [4.78, 5) is 0. The molecule has 2 heteroatoms. The fraction of sp³-hybridized carbons (Fsp3) is 0.556. The van der Waals surface area contributed by atoms with Gasteiger partial charge in [-0.05, 0) is 37.4 Å². The zero-order chi connectivity index (χ0) is 13.8. The first-order valence-electron chi connectivity index (χ1n) is 8.08. The van der Waals surface area contributed by atoms with Crippen LogP contribution in [0.2, 0.25) is 0 Å². The van der Waals surface area contributed by atoms with Crippen LogP contribution in [0.5, 0.6) is 0 Å². The molecule has 0 radical (unpaired) electrons. The average Bonchev–Trinajstić information content (AvgIpc) is 3.12. The second-order valence-electron chi connectivity index (χ2n) is 6.08. The van der Waals surface area contributed by atoms with Crippen molar-refractivity contribution >= 4 is 11.0 Å². The first-order valence-corrected chi connectivity index (χ1v) is 8.08. The molecule has 3 rings (SSSR count). The Balaban J connectivity index is 1.79. The Bertz CT molecular complexity index is 506. The summed E-state index contributed by atoms with van der Waals surface area (Å²) in [5.74, 6) is 1.99.